The molecule has 1 saturated carbocycles. The van der Waals surface area contributed by atoms with E-state index in [1.165, 1.54) is 11.3 Å². The van der Waals surface area contributed by atoms with Crippen molar-refractivity contribution in [3.05, 3.63) is 20.8 Å². The van der Waals surface area contributed by atoms with Gasteiger partial charge in [0.25, 0.3) is 5.91 Å². The molecule has 4 nitrogen and oxygen atoms in total. The van der Waals surface area contributed by atoms with E-state index in [1.54, 1.807) is 12.1 Å². The van der Waals surface area contributed by atoms with Crippen LogP contribution in [0.5, 0.6) is 0 Å². The Morgan fingerprint density at radius 1 is 1.35 bits per heavy atom. The van der Waals surface area contributed by atoms with Gasteiger partial charge in [-0.05, 0) is 40.9 Å². The van der Waals surface area contributed by atoms with E-state index < -0.39 is 11.5 Å². The first-order valence-corrected chi connectivity index (χ1v) is 6.96. The Morgan fingerprint density at radius 2 is 2.00 bits per heavy atom. The van der Waals surface area contributed by atoms with Crippen LogP contribution in [0.25, 0.3) is 0 Å². The molecule has 1 aromatic rings. The van der Waals surface area contributed by atoms with Crippen molar-refractivity contribution in [1.82, 2.24) is 5.32 Å². The highest BCUT2D eigenvalue weighted by Gasteiger charge is 2.42. The second-order valence-electron chi connectivity index (χ2n) is 4.15. The Bertz CT molecular complexity index is 451. The second kappa shape index (κ2) is 4.78. The summed E-state index contributed by atoms with van der Waals surface area (Å²) in [6.45, 7) is 0. The summed E-state index contributed by atoms with van der Waals surface area (Å²) in [6, 6.07) is 3.47. The van der Waals surface area contributed by atoms with Crippen LogP contribution in [-0.4, -0.2) is 22.5 Å². The first-order chi connectivity index (χ1) is 8.03. The second-order valence-corrected chi connectivity index (χ2v) is 6.62. The zero-order valence-electron chi connectivity index (χ0n) is 9.03. The van der Waals surface area contributed by atoms with Crippen LogP contribution in [0, 0.1) is 0 Å². The Hall–Kier alpha value is -0.880. The molecular weight excluding hydrogens is 306 g/mol. The fourth-order valence-corrected chi connectivity index (χ4v) is 3.37. The molecule has 1 aromatic heterocycles. The molecule has 1 aliphatic rings. The predicted molar refractivity (Wildman–Crippen MR) is 68.3 cm³/mol. The lowest BCUT2D eigenvalue weighted by Gasteiger charge is -2.24. The van der Waals surface area contributed by atoms with Crippen LogP contribution in [0.15, 0.2) is 15.9 Å². The number of nitrogens with one attached hydrogen (secondary N) is 1. The Balaban J connectivity index is 2.14. The standard InChI is InChI=1S/C11H12BrNO3S/c12-8-4-3-7(17-8)9(14)13-11(10(15)16)5-1-2-6-11/h3-4H,1-2,5-6H2,(H,13,14)(H,15,16). The van der Waals surface area contributed by atoms with Crippen LogP contribution in [0.2, 0.25) is 0 Å². The van der Waals surface area contributed by atoms with E-state index in [0.717, 1.165) is 16.6 Å². The lowest BCUT2D eigenvalue weighted by molar-refractivity contribution is -0.144. The third kappa shape index (κ3) is 2.52. The smallest absolute Gasteiger partial charge is 0.329 e. The average Bonchev–Trinajstić information content (AvgIpc) is 2.87. The molecule has 1 amide bonds. The fraction of sp³-hybridized carbons (Fsp3) is 0.455. The van der Waals surface area contributed by atoms with Gasteiger partial charge in [-0.3, -0.25) is 4.79 Å². The minimum atomic E-state index is -1.06. The molecule has 0 saturated heterocycles. The van der Waals surface area contributed by atoms with Crippen molar-refractivity contribution in [2.24, 2.45) is 0 Å². The fourth-order valence-electron chi connectivity index (χ4n) is 2.09. The molecule has 6 heteroatoms. The number of hydrogen-bond donors (Lipinski definition) is 2. The summed E-state index contributed by atoms with van der Waals surface area (Å²) in [5, 5.41) is 11.9. The Labute approximate surface area is 111 Å². The highest BCUT2D eigenvalue weighted by atomic mass is 79.9. The first-order valence-electron chi connectivity index (χ1n) is 5.35. The summed E-state index contributed by atoms with van der Waals surface area (Å²) in [6.07, 6.45) is 2.72. The molecule has 2 rings (SSSR count). The quantitative estimate of drug-likeness (QED) is 0.900. The maximum absolute atomic E-state index is 11.9. The van der Waals surface area contributed by atoms with Gasteiger partial charge in [-0.15, -0.1) is 11.3 Å². The van der Waals surface area contributed by atoms with E-state index in [1.807, 2.05) is 0 Å². The predicted octanol–water partition coefficient (Wildman–Crippen LogP) is 2.64. The number of carboxylic acids is 1. The monoisotopic (exact) mass is 317 g/mol. The van der Waals surface area contributed by atoms with Gasteiger partial charge in [0, 0.05) is 0 Å². The van der Waals surface area contributed by atoms with Crippen LogP contribution < -0.4 is 5.32 Å². The molecule has 1 fully saturated rings. The van der Waals surface area contributed by atoms with Gasteiger partial charge in [0.15, 0.2) is 0 Å². The van der Waals surface area contributed by atoms with E-state index in [2.05, 4.69) is 21.2 Å². The number of rotatable bonds is 3. The van der Waals surface area contributed by atoms with Crippen LogP contribution in [-0.2, 0) is 4.79 Å². The Kier molecular flexibility index (Phi) is 3.53. The van der Waals surface area contributed by atoms with E-state index in [9.17, 15) is 14.7 Å². The maximum atomic E-state index is 11.9. The van der Waals surface area contributed by atoms with E-state index in [4.69, 9.17) is 0 Å². The summed E-state index contributed by atoms with van der Waals surface area (Å²) >= 11 is 4.58. The number of thiophene rings is 1. The zero-order valence-corrected chi connectivity index (χ0v) is 11.4. The molecule has 0 unspecified atom stereocenters. The molecule has 0 aliphatic heterocycles. The van der Waals surface area contributed by atoms with Crippen molar-refractivity contribution < 1.29 is 14.7 Å². The van der Waals surface area contributed by atoms with Gasteiger partial charge in [0.2, 0.25) is 0 Å². The summed E-state index contributed by atoms with van der Waals surface area (Å²) in [5.74, 6) is -1.23. The highest BCUT2D eigenvalue weighted by molar-refractivity contribution is 9.11. The van der Waals surface area contributed by atoms with Gasteiger partial charge in [-0.25, -0.2) is 4.79 Å². The number of hydrogen-bond acceptors (Lipinski definition) is 3. The molecule has 92 valence electrons. The summed E-state index contributed by atoms with van der Waals surface area (Å²) in [4.78, 5) is 23.7. The average molecular weight is 318 g/mol. The van der Waals surface area contributed by atoms with Gasteiger partial charge in [-0.2, -0.15) is 0 Å². The number of aliphatic carboxylic acids is 1. The molecule has 0 bridgehead atoms. The van der Waals surface area contributed by atoms with Crippen LogP contribution in [0.3, 0.4) is 0 Å². The zero-order chi connectivity index (χ0) is 12.5. The minimum Gasteiger partial charge on any atom is -0.480 e. The van der Waals surface area contributed by atoms with Gasteiger partial charge < -0.3 is 10.4 Å². The van der Waals surface area contributed by atoms with Crippen molar-refractivity contribution in [2.45, 2.75) is 31.2 Å². The van der Waals surface area contributed by atoms with Gasteiger partial charge >= 0.3 is 5.97 Å². The van der Waals surface area contributed by atoms with E-state index in [-0.39, 0.29) is 5.91 Å². The molecule has 0 aromatic carbocycles. The number of carboxylic acid groups (broad SMARTS) is 1. The van der Waals surface area contributed by atoms with Crippen LogP contribution >= 0.6 is 27.3 Å². The SMILES string of the molecule is O=C(NC1(C(=O)O)CCCC1)c1ccc(Br)s1. The van der Waals surface area contributed by atoms with Crippen molar-refractivity contribution in [1.29, 1.82) is 0 Å². The molecule has 0 spiro atoms. The Morgan fingerprint density at radius 3 is 2.47 bits per heavy atom. The number of amides is 1. The van der Waals surface area contributed by atoms with Gasteiger partial charge in [-0.1, -0.05) is 12.8 Å². The number of halogens is 1. The number of carbonyl (C=O) groups excluding carboxylic acids is 1. The first kappa shape index (κ1) is 12.6. The van der Waals surface area contributed by atoms with Crippen LogP contribution in [0.4, 0.5) is 0 Å². The molecule has 0 radical (unpaired) electrons. The topological polar surface area (TPSA) is 66.4 Å². The lowest BCUT2D eigenvalue weighted by atomic mass is 9.98. The molecule has 2 N–H and O–H groups in total. The maximum Gasteiger partial charge on any atom is 0.329 e. The van der Waals surface area contributed by atoms with Gasteiger partial charge in [0.05, 0.1) is 8.66 Å². The lowest BCUT2D eigenvalue weighted by Crippen LogP contribution is -2.52. The van der Waals surface area contributed by atoms with Gasteiger partial charge in [0.1, 0.15) is 5.54 Å². The molecule has 17 heavy (non-hydrogen) atoms. The summed E-state index contributed by atoms with van der Waals surface area (Å²) < 4.78 is 0.860. The minimum absolute atomic E-state index is 0.301. The largest absolute Gasteiger partial charge is 0.480 e. The summed E-state index contributed by atoms with van der Waals surface area (Å²) in [5.41, 5.74) is -1.06. The highest BCUT2D eigenvalue weighted by Crippen LogP contribution is 2.31. The van der Waals surface area contributed by atoms with Crippen molar-refractivity contribution in [2.75, 3.05) is 0 Å². The number of carbonyl (C=O) groups is 2. The molecular formula is C11H12BrNO3S. The van der Waals surface area contributed by atoms with E-state index in [0.29, 0.717) is 17.7 Å². The van der Waals surface area contributed by atoms with Crippen molar-refractivity contribution in [3.63, 3.8) is 0 Å². The van der Waals surface area contributed by atoms with E-state index >= 15 is 0 Å². The molecule has 0 atom stereocenters. The third-order valence-electron chi connectivity index (χ3n) is 3.02. The molecule has 1 aliphatic carbocycles. The van der Waals surface area contributed by atoms with Crippen LogP contribution in [0.1, 0.15) is 35.4 Å². The third-order valence-corrected chi connectivity index (χ3v) is 4.64. The normalized spacial score (nSPS) is 17.9. The van der Waals surface area contributed by atoms with Crippen molar-refractivity contribution >= 4 is 39.1 Å². The molecule has 1 heterocycles. The summed E-state index contributed by atoms with van der Waals surface area (Å²) in [7, 11) is 0. The van der Waals surface area contributed by atoms with Crippen molar-refractivity contribution in [3.8, 4) is 0 Å².